The summed E-state index contributed by atoms with van der Waals surface area (Å²) in [4.78, 5) is 7.28. The molecule has 0 amide bonds. The molecule has 0 atom stereocenters. The van der Waals surface area contributed by atoms with Crippen molar-refractivity contribution in [3.05, 3.63) is 29.7 Å². The Kier molecular flexibility index (Phi) is 9.77. The summed E-state index contributed by atoms with van der Waals surface area (Å²) in [5.74, 6) is 0.773. The summed E-state index contributed by atoms with van der Waals surface area (Å²) >= 11 is 1.27. The van der Waals surface area contributed by atoms with Gasteiger partial charge in [0.2, 0.25) is 10.0 Å². The zero-order valence-electron chi connectivity index (χ0n) is 15.4. The van der Waals surface area contributed by atoms with E-state index < -0.39 is 10.0 Å². The second kappa shape index (κ2) is 11.3. The topological polar surface area (TPSA) is 73.8 Å². The van der Waals surface area contributed by atoms with Crippen molar-refractivity contribution in [3.8, 4) is 0 Å². The van der Waals surface area contributed by atoms with Crippen molar-refractivity contribution in [2.24, 2.45) is 4.99 Å². The molecule has 0 saturated carbocycles. The van der Waals surface area contributed by atoms with E-state index in [0.717, 1.165) is 43.1 Å². The summed E-state index contributed by atoms with van der Waals surface area (Å²) in [6.45, 7) is 7.33. The average molecular weight is 387 g/mol. The molecule has 0 saturated heterocycles. The van der Waals surface area contributed by atoms with Gasteiger partial charge in [0.1, 0.15) is 4.21 Å². The van der Waals surface area contributed by atoms with Gasteiger partial charge in [0.05, 0.1) is 0 Å². The van der Waals surface area contributed by atoms with E-state index in [0.29, 0.717) is 17.3 Å². The quantitative estimate of drug-likeness (QED) is 0.265. The lowest BCUT2D eigenvalue weighted by Crippen LogP contribution is -2.42. The zero-order chi connectivity index (χ0) is 18.7. The molecular weight excluding hydrogens is 356 g/mol. The van der Waals surface area contributed by atoms with Crippen LogP contribution in [0.2, 0.25) is 0 Å². The number of hydrogen-bond donors (Lipinski definition) is 2. The Morgan fingerprint density at radius 3 is 2.68 bits per heavy atom. The number of nitrogens with zero attached hydrogens (tertiary/aromatic N) is 2. The standard InChI is InChI=1S/C17H30N4O2S2/c1-5-6-7-8-9-14-21(4)17(18-3)19-12-13-20-25(22,23)16-11-10-15(2)24-16/h5,10-11,20H,1,6-9,12-14H2,2-4H3,(H,18,19). The van der Waals surface area contributed by atoms with Gasteiger partial charge in [0, 0.05) is 38.6 Å². The molecule has 0 spiro atoms. The van der Waals surface area contributed by atoms with Crippen molar-refractivity contribution in [2.75, 3.05) is 33.7 Å². The predicted molar refractivity (Wildman–Crippen MR) is 107 cm³/mol. The van der Waals surface area contributed by atoms with E-state index in [-0.39, 0.29) is 0 Å². The minimum absolute atomic E-state index is 0.311. The van der Waals surface area contributed by atoms with Gasteiger partial charge < -0.3 is 10.2 Å². The van der Waals surface area contributed by atoms with Gasteiger partial charge in [-0.15, -0.1) is 17.9 Å². The van der Waals surface area contributed by atoms with Gasteiger partial charge in [0.15, 0.2) is 5.96 Å². The molecule has 0 fully saturated rings. The van der Waals surface area contributed by atoms with Crippen LogP contribution in [0.3, 0.4) is 0 Å². The van der Waals surface area contributed by atoms with Crippen molar-refractivity contribution < 1.29 is 8.42 Å². The van der Waals surface area contributed by atoms with Crippen LogP contribution in [0.1, 0.15) is 30.6 Å². The molecule has 1 rings (SSSR count). The number of hydrogen-bond acceptors (Lipinski definition) is 4. The average Bonchev–Trinajstić information content (AvgIpc) is 3.02. The van der Waals surface area contributed by atoms with E-state index in [1.807, 2.05) is 26.1 Å². The van der Waals surface area contributed by atoms with Crippen molar-refractivity contribution in [1.82, 2.24) is 14.9 Å². The third-order valence-electron chi connectivity index (χ3n) is 3.66. The highest BCUT2D eigenvalue weighted by atomic mass is 32.2. The highest BCUT2D eigenvalue weighted by molar-refractivity contribution is 7.91. The Morgan fingerprint density at radius 1 is 1.32 bits per heavy atom. The molecule has 6 nitrogen and oxygen atoms in total. The smallest absolute Gasteiger partial charge is 0.250 e. The number of sulfonamides is 1. The maximum Gasteiger partial charge on any atom is 0.250 e. The minimum atomic E-state index is -3.42. The first-order chi connectivity index (χ1) is 11.9. The second-order valence-electron chi connectivity index (χ2n) is 5.80. The van der Waals surface area contributed by atoms with Gasteiger partial charge in [-0.1, -0.05) is 12.5 Å². The number of nitrogens with one attached hydrogen (secondary N) is 2. The maximum atomic E-state index is 12.1. The molecule has 1 heterocycles. The third kappa shape index (κ3) is 8.02. The third-order valence-corrected chi connectivity index (χ3v) is 6.61. The van der Waals surface area contributed by atoms with Gasteiger partial charge in [0.25, 0.3) is 0 Å². The van der Waals surface area contributed by atoms with Crippen LogP contribution in [0.15, 0.2) is 34.0 Å². The summed E-state index contributed by atoms with van der Waals surface area (Å²) in [7, 11) is 0.298. The number of allylic oxidation sites excluding steroid dienone is 1. The van der Waals surface area contributed by atoms with Gasteiger partial charge >= 0.3 is 0 Å². The molecule has 0 bridgehead atoms. The largest absolute Gasteiger partial charge is 0.355 e. The number of guanidine groups is 1. The van der Waals surface area contributed by atoms with E-state index in [1.165, 1.54) is 11.3 Å². The highest BCUT2D eigenvalue weighted by Crippen LogP contribution is 2.19. The van der Waals surface area contributed by atoms with Crippen LogP contribution in [0, 0.1) is 6.92 Å². The molecule has 8 heteroatoms. The highest BCUT2D eigenvalue weighted by Gasteiger charge is 2.15. The lowest BCUT2D eigenvalue weighted by molar-refractivity contribution is 0.455. The number of unbranched alkanes of at least 4 members (excludes halogenated alkanes) is 3. The summed E-state index contributed by atoms with van der Waals surface area (Å²) in [6, 6.07) is 3.44. The summed E-state index contributed by atoms with van der Waals surface area (Å²) in [6.07, 6.45) is 6.42. The predicted octanol–water partition coefficient (Wildman–Crippen LogP) is 2.59. The van der Waals surface area contributed by atoms with Gasteiger partial charge in [-0.2, -0.15) is 0 Å². The molecule has 142 valence electrons. The van der Waals surface area contributed by atoms with Crippen molar-refractivity contribution in [1.29, 1.82) is 0 Å². The van der Waals surface area contributed by atoms with E-state index in [2.05, 4.69) is 26.5 Å². The van der Waals surface area contributed by atoms with Gasteiger partial charge in [-0.25, -0.2) is 13.1 Å². The molecule has 1 aromatic rings. The lowest BCUT2D eigenvalue weighted by atomic mass is 10.2. The summed E-state index contributed by atoms with van der Waals surface area (Å²) in [5, 5.41) is 3.19. The van der Waals surface area contributed by atoms with Crippen molar-refractivity contribution in [2.45, 2.75) is 36.8 Å². The van der Waals surface area contributed by atoms with Crippen LogP contribution < -0.4 is 10.0 Å². The number of rotatable bonds is 11. The van der Waals surface area contributed by atoms with Crippen molar-refractivity contribution in [3.63, 3.8) is 0 Å². The van der Waals surface area contributed by atoms with Crippen molar-refractivity contribution >= 4 is 27.3 Å². The molecule has 0 unspecified atom stereocenters. The van der Waals surface area contributed by atoms with E-state index in [1.54, 1.807) is 13.1 Å². The normalized spacial score (nSPS) is 12.2. The number of thiophene rings is 1. The molecule has 0 aliphatic rings. The van der Waals surface area contributed by atoms with Crippen LogP contribution >= 0.6 is 11.3 Å². The Balaban J connectivity index is 2.31. The Hall–Kier alpha value is -1.38. The fraction of sp³-hybridized carbons (Fsp3) is 0.588. The molecular formula is C17H30N4O2S2. The first kappa shape index (κ1) is 21.7. The van der Waals surface area contributed by atoms with E-state index in [4.69, 9.17) is 0 Å². The van der Waals surface area contributed by atoms with E-state index in [9.17, 15) is 8.42 Å². The fourth-order valence-corrected chi connectivity index (χ4v) is 4.65. The van der Waals surface area contributed by atoms with Crippen LogP contribution in [-0.2, 0) is 10.0 Å². The summed E-state index contributed by atoms with van der Waals surface area (Å²) in [5.41, 5.74) is 0. The molecule has 0 aliphatic heterocycles. The first-order valence-corrected chi connectivity index (χ1v) is 10.8. The fourth-order valence-electron chi connectivity index (χ4n) is 2.29. The molecule has 0 aliphatic carbocycles. The van der Waals surface area contributed by atoms with Gasteiger partial charge in [-0.3, -0.25) is 4.99 Å². The molecule has 25 heavy (non-hydrogen) atoms. The van der Waals surface area contributed by atoms with Gasteiger partial charge in [-0.05, 0) is 38.3 Å². The minimum Gasteiger partial charge on any atom is -0.355 e. The lowest BCUT2D eigenvalue weighted by Gasteiger charge is -2.22. The Bertz CT molecular complexity index is 653. The molecule has 1 aromatic heterocycles. The number of aryl methyl sites for hydroxylation is 1. The Labute approximate surface area is 156 Å². The second-order valence-corrected chi connectivity index (χ2v) is 9.08. The van der Waals surface area contributed by atoms with E-state index >= 15 is 0 Å². The molecule has 0 aromatic carbocycles. The van der Waals surface area contributed by atoms with Crippen LogP contribution in [-0.4, -0.2) is 53.0 Å². The first-order valence-electron chi connectivity index (χ1n) is 8.49. The molecule has 0 radical (unpaired) electrons. The SMILES string of the molecule is C=CCCCCCN(C)C(=NC)NCCNS(=O)(=O)c1ccc(C)s1. The maximum absolute atomic E-state index is 12.1. The summed E-state index contributed by atoms with van der Waals surface area (Å²) < 4.78 is 27.3. The number of aliphatic imine (C=N–C) groups is 1. The van der Waals surface area contributed by atoms with Crippen LogP contribution in [0.4, 0.5) is 0 Å². The zero-order valence-corrected chi connectivity index (χ0v) is 17.0. The molecule has 2 N–H and O–H groups in total. The monoisotopic (exact) mass is 386 g/mol. The Morgan fingerprint density at radius 2 is 2.08 bits per heavy atom. The van der Waals surface area contributed by atoms with Crippen LogP contribution in [0.5, 0.6) is 0 Å². The van der Waals surface area contributed by atoms with Crippen LogP contribution in [0.25, 0.3) is 0 Å².